The van der Waals surface area contributed by atoms with E-state index in [0.717, 1.165) is 23.9 Å². The number of aromatic nitrogens is 1. The number of carbonyl (C=O) groups excluding carboxylic acids is 1. The first-order valence-corrected chi connectivity index (χ1v) is 12.0. The Hall–Kier alpha value is -2.50. The molecule has 2 heterocycles. The maximum Gasteiger partial charge on any atom is 0.251 e. The Morgan fingerprint density at radius 3 is 2.78 bits per heavy atom. The number of hydrogen-bond donors (Lipinski definition) is 2. The van der Waals surface area contributed by atoms with Crippen molar-refractivity contribution in [2.45, 2.75) is 51.6 Å². The summed E-state index contributed by atoms with van der Waals surface area (Å²) in [5, 5.41) is 16.0. The molecule has 1 amide bonds. The van der Waals surface area contributed by atoms with Gasteiger partial charge in [-0.25, -0.2) is 0 Å². The molecule has 0 saturated carbocycles. The van der Waals surface area contributed by atoms with Gasteiger partial charge in [-0.2, -0.15) is 0 Å². The summed E-state index contributed by atoms with van der Waals surface area (Å²) in [4.78, 5) is 15.2. The van der Waals surface area contributed by atoms with Gasteiger partial charge in [0.15, 0.2) is 5.88 Å². The zero-order valence-electron chi connectivity index (χ0n) is 18.7. The SMILES string of the molecule is CCC1CCCCN1CCCNC(=O)c1ccc2cn(Cc3ccc(Cl)cc3)c(O)c2c1. The third-order valence-electron chi connectivity index (χ3n) is 6.52. The van der Waals surface area contributed by atoms with Gasteiger partial charge in [-0.3, -0.25) is 4.79 Å². The van der Waals surface area contributed by atoms with Gasteiger partial charge >= 0.3 is 0 Å². The first-order valence-electron chi connectivity index (χ1n) is 11.6. The van der Waals surface area contributed by atoms with Crippen molar-refractivity contribution in [2.75, 3.05) is 19.6 Å². The summed E-state index contributed by atoms with van der Waals surface area (Å²) in [5.41, 5.74) is 1.61. The molecular weight excluding hydrogens is 422 g/mol. The van der Waals surface area contributed by atoms with Crippen molar-refractivity contribution in [1.82, 2.24) is 14.8 Å². The number of halogens is 1. The predicted octanol–water partition coefficient (Wildman–Crippen LogP) is 5.43. The number of amides is 1. The average Bonchev–Trinajstić information content (AvgIpc) is 3.12. The minimum Gasteiger partial charge on any atom is -0.494 e. The van der Waals surface area contributed by atoms with Crippen molar-refractivity contribution in [2.24, 2.45) is 0 Å². The molecule has 1 unspecified atom stereocenters. The van der Waals surface area contributed by atoms with E-state index in [1.165, 1.54) is 32.2 Å². The van der Waals surface area contributed by atoms with E-state index in [1.807, 2.05) is 42.6 Å². The molecule has 1 saturated heterocycles. The number of nitrogens with zero attached hydrogens (tertiary/aromatic N) is 2. The van der Waals surface area contributed by atoms with Crippen LogP contribution in [0.3, 0.4) is 0 Å². The fraction of sp³-hybridized carbons (Fsp3) is 0.423. The molecule has 1 atom stereocenters. The molecule has 4 rings (SSSR count). The van der Waals surface area contributed by atoms with Crippen LogP contribution in [0.25, 0.3) is 10.8 Å². The fourth-order valence-electron chi connectivity index (χ4n) is 4.70. The summed E-state index contributed by atoms with van der Waals surface area (Å²) in [6.45, 7) is 5.67. The summed E-state index contributed by atoms with van der Waals surface area (Å²) in [5.74, 6) is 0.0720. The second kappa shape index (κ2) is 10.4. The minimum absolute atomic E-state index is 0.0950. The molecule has 0 bridgehead atoms. The highest BCUT2D eigenvalue weighted by atomic mass is 35.5. The van der Waals surface area contributed by atoms with Crippen LogP contribution in [0.1, 0.15) is 54.9 Å². The maximum absolute atomic E-state index is 12.7. The highest BCUT2D eigenvalue weighted by Gasteiger charge is 2.20. The first kappa shape index (κ1) is 22.7. The van der Waals surface area contributed by atoms with Crippen molar-refractivity contribution in [1.29, 1.82) is 0 Å². The van der Waals surface area contributed by atoms with Gasteiger partial charge < -0.3 is 19.9 Å². The van der Waals surface area contributed by atoms with E-state index in [9.17, 15) is 9.90 Å². The zero-order valence-corrected chi connectivity index (χ0v) is 19.4. The molecule has 3 aromatic rings. The van der Waals surface area contributed by atoms with Crippen molar-refractivity contribution in [3.63, 3.8) is 0 Å². The average molecular weight is 454 g/mol. The topological polar surface area (TPSA) is 57.5 Å². The highest BCUT2D eigenvalue weighted by molar-refractivity contribution is 6.30. The normalized spacial score (nSPS) is 17.0. The van der Waals surface area contributed by atoms with Crippen LogP contribution in [0.5, 0.6) is 5.88 Å². The van der Waals surface area contributed by atoms with Crippen LogP contribution in [0.2, 0.25) is 5.02 Å². The predicted molar refractivity (Wildman–Crippen MR) is 131 cm³/mol. The lowest BCUT2D eigenvalue weighted by atomic mass is 10.00. The van der Waals surface area contributed by atoms with Crippen molar-refractivity contribution in [3.8, 4) is 5.88 Å². The van der Waals surface area contributed by atoms with Crippen molar-refractivity contribution in [3.05, 3.63) is 64.8 Å². The van der Waals surface area contributed by atoms with Crippen LogP contribution in [0, 0.1) is 0 Å². The maximum atomic E-state index is 12.7. The van der Waals surface area contributed by atoms with Crippen LogP contribution >= 0.6 is 11.6 Å². The minimum atomic E-state index is -0.0950. The lowest BCUT2D eigenvalue weighted by Gasteiger charge is -2.35. The Labute approximate surface area is 195 Å². The molecule has 1 aromatic heterocycles. The molecule has 0 aliphatic carbocycles. The molecule has 6 heteroatoms. The lowest BCUT2D eigenvalue weighted by molar-refractivity contribution is 0.0947. The number of nitrogens with one attached hydrogen (secondary N) is 1. The number of likely N-dealkylation sites (tertiary alicyclic amines) is 1. The lowest BCUT2D eigenvalue weighted by Crippen LogP contribution is -2.40. The Balaban J connectivity index is 1.36. The number of piperidine rings is 1. The summed E-state index contributed by atoms with van der Waals surface area (Å²) in [7, 11) is 0. The van der Waals surface area contributed by atoms with Gasteiger partial charge in [0.25, 0.3) is 5.91 Å². The number of hydrogen-bond acceptors (Lipinski definition) is 3. The molecule has 1 aliphatic rings. The van der Waals surface area contributed by atoms with Gasteiger partial charge in [-0.15, -0.1) is 0 Å². The van der Waals surface area contributed by atoms with Crippen LogP contribution in [-0.4, -0.2) is 46.2 Å². The summed E-state index contributed by atoms with van der Waals surface area (Å²) < 4.78 is 1.79. The van der Waals surface area contributed by atoms with Gasteiger partial charge in [-0.1, -0.05) is 43.1 Å². The Kier molecular flexibility index (Phi) is 7.38. The largest absolute Gasteiger partial charge is 0.494 e. The second-order valence-electron chi connectivity index (χ2n) is 8.71. The van der Waals surface area contributed by atoms with E-state index in [2.05, 4.69) is 17.1 Å². The number of fused-ring (bicyclic) bond motifs is 1. The molecule has 2 N–H and O–H groups in total. The van der Waals surface area contributed by atoms with Gasteiger partial charge in [0.2, 0.25) is 0 Å². The molecule has 0 spiro atoms. The summed E-state index contributed by atoms with van der Waals surface area (Å²) >= 11 is 5.96. The van der Waals surface area contributed by atoms with Crippen LogP contribution in [-0.2, 0) is 6.54 Å². The zero-order chi connectivity index (χ0) is 22.5. The second-order valence-corrected chi connectivity index (χ2v) is 9.15. The quantitative estimate of drug-likeness (QED) is 0.447. The number of aromatic hydroxyl groups is 1. The molecule has 1 aliphatic heterocycles. The third kappa shape index (κ3) is 5.28. The summed E-state index contributed by atoms with van der Waals surface area (Å²) in [6.07, 6.45) is 7.97. The molecule has 2 aromatic carbocycles. The van der Waals surface area contributed by atoms with E-state index in [0.29, 0.717) is 35.1 Å². The number of carbonyl (C=O) groups is 1. The smallest absolute Gasteiger partial charge is 0.251 e. The van der Waals surface area contributed by atoms with E-state index in [-0.39, 0.29) is 11.8 Å². The Morgan fingerprint density at radius 1 is 1.19 bits per heavy atom. The van der Waals surface area contributed by atoms with Crippen LogP contribution in [0.15, 0.2) is 48.7 Å². The number of benzene rings is 2. The van der Waals surface area contributed by atoms with Gasteiger partial charge in [0, 0.05) is 46.7 Å². The molecule has 0 radical (unpaired) electrons. The number of rotatable bonds is 8. The van der Waals surface area contributed by atoms with E-state index < -0.39 is 0 Å². The molecule has 170 valence electrons. The molecule has 32 heavy (non-hydrogen) atoms. The third-order valence-corrected chi connectivity index (χ3v) is 6.77. The molecular formula is C26H32ClN3O2. The van der Waals surface area contributed by atoms with Gasteiger partial charge in [-0.05, 0) is 62.1 Å². The fourth-order valence-corrected chi connectivity index (χ4v) is 4.82. The van der Waals surface area contributed by atoms with Gasteiger partial charge in [0.1, 0.15) is 0 Å². The van der Waals surface area contributed by atoms with E-state index in [1.54, 1.807) is 10.6 Å². The molecule has 1 fully saturated rings. The monoisotopic (exact) mass is 453 g/mol. The van der Waals surface area contributed by atoms with Crippen molar-refractivity contribution >= 4 is 28.3 Å². The van der Waals surface area contributed by atoms with E-state index in [4.69, 9.17) is 11.6 Å². The summed E-state index contributed by atoms with van der Waals surface area (Å²) in [6, 6.07) is 13.7. The van der Waals surface area contributed by atoms with Crippen LogP contribution < -0.4 is 5.32 Å². The Bertz CT molecular complexity index is 1060. The van der Waals surface area contributed by atoms with Crippen LogP contribution in [0.4, 0.5) is 0 Å². The van der Waals surface area contributed by atoms with Gasteiger partial charge in [0.05, 0.1) is 6.54 Å². The standard InChI is InChI=1S/C26H32ClN3O2/c1-2-23-6-3-4-14-29(23)15-5-13-28-25(31)20-9-10-21-18-30(26(32)24(21)16-20)17-19-7-11-22(27)12-8-19/h7-12,16,18,23,32H,2-6,13-15,17H2,1H3,(H,28,31). The van der Waals surface area contributed by atoms with E-state index >= 15 is 0 Å². The van der Waals surface area contributed by atoms with Crippen molar-refractivity contribution < 1.29 is 9.90 Å². The highest BCUT2D eigenvalue weighted by Crippen LogP contribution is 2.29. The first-order chi connectivity index (χ1) is 15.5. The molecule has 5 nitrogen and oxygen atoms in total. The Morgan fingerprint density at radius 2 is 2.00 bits per heavy atom.